The van der Waals surface area contributed by atoms with E-state index in [1.54, 1.807) is 19.1 Å². The highest BCUT2D eigenvalue weighted by molar-refractivity contribution is 5.76. The van der Waals surface area contributed by atoms with Crippen molar-refractivity contribution in [1.29, 1.82) is 0 Å². The molecule has 1 aliphatic rings. The largest absolute Gasteiger partial charge is 0.383 e. The molecule has 0 aromatic rings. The van der Waals surface area contributed by atoms with Gasteiger partial charge in [-0.3, -0.25) is 4.79 Å². The average Bonchev–Trinajstić information content (AvgIpc) is 2.23. The summed E-state index contributed by atoms with van der Waals surface area (Å²) in [6.45, 7) is 3.83. The SMILES string of the molecule is COCCN(CCOC)C(=O)CC1COC1. The van der Waals surface area contributed by atoms with Gasteiger partial charge in [0.2, 0.25) is 5.91 Å². The van der Waals surface area contributed by atoms with Crippen LogP contribution >= 0.6 is 0 Å². The molecule has 0 aromatic carbocycles. The normalized spacial score (nSPS) is 15.9. The van der Waals surface area contributed by atoms with Gasteiger partial charge in [0.15, 0.2) is 0 Å². The highest BCUT2D eigenvalue weighted by Gasteiger charge is 2.24. The fraction of sp³-hybridized carbons (Fsp3) is 0.909. The zero-order valence-electron chi connectivity index (χ0n) is 10.1. The Kier molecular flexibility index (Phi) is 6.37. The molecular formula is C11H21NO4. The maximum atomic E-state index is 11.9. The molecule has 0 spiro atoms. The minimum atomic E-state index is 0.169. The summed E-state index contributed by atoms with van der Waals surface area (Å²) >= 11 is 0. The van der Waals surface area contributed by atoms with E-state index in [2.05, 4.69) is 0 Å². The lowest BCUT2D eigenvalue weighted by Crippen LogP contribution is -2.40. The number of amides is 1. The van der Waals surface area contributed by atoms with E-state index in [4.69, 9.17) is 14.2 Å². The van der Waals surface area contributed by atoms with Crippen molar-refractivity contribution in [3.63, 3.8) is 0 Å². The molecule has 1 heterocycles. The molecule has 0 aromatic heterocycles. The zero-order valence-corrected chi connectivity index (χ0v) is 10.1. The van der Waals surface area contributed by atoms with Gasteiger partial charge in [0, 0.05) is 39.6 Å². The van der Waals surface area contributed by atoms with Gasteiger partial charge in [-0.05, 0) is 0 Å². The quantitative estimate of drug-likeness (QED) is 0.596. The van der Waals surface area contributed by atoms with Gasteiger partial charge in [-0.1, -0.05) is 0 Å². The second-order valence-electron chi connectivity index (χ2n) is 3.97. The number of rotatable bonds is 8. The maximum absolute atomic E-state index is 11.9. The van der Waals surface area contributed by atoms with Gasteiger partial charge in [-0.2, -0.15) is 0 Å². The van der Waals surface area contributed by atoms with Crippen molar-refractivity contribution in [2.24, 2.45) is 5.92 Å². The van der Waals surface area contributed by atoms with Crippen molar-refractivity contribution < 1.29 is 19.0 Å². The van der Waals surface area contributed by atoms with Crippen LogP contribution in [0.25, 0.3) is 0 Å². The first kappa shape index (κ1) is 13.4. The Morgan fingerprint density at radius 1 is 1.25 bits per heavy atom. The number of carbonyl (C=O) groups is 1. The van der Waals surface area contributed by atoms with Crippen LogP contribution in [0.5, 0.6) is 0 Å². The lowest BCUT2D eigenvalue weighted by atomic mass is 10.0. The van der Waals surface area contributed by atoms with Crippen LogP contribution in [0.15, 0.2) is 0 Å². The third kappa shape index (κ3) is 4.47. The Balaban J connectivity index is 2.29. The molecule has 16 heavy (non-hydrogen) atoms. The Morgan fingerprint density at radius 3 is 2.19 bits per heavy atom. The highest BCUT2D eigenvalue weighted by atomic mass is 16.5. The van der Waals surface area contributed by atoms with E-state index in [1.807, 2.05) is 0 Å². The summed E-state index contributed by atoms with van der Waals surface area (Å²) in [5.74, 6) is 0.572. The van der Waals surface area contributed by atoms with Gasteiger partial charge >= 0.3 is 0 Å². The highest BCUT2D eigenvalue weighted by Crippen LogP contribution is 2.15. The molecule has 1 rings (SSSR count). The summed E-state index contributed by atoms with van der Waals surface area (Å²) in [6, 6.07) is 0. The lowest BCUT2D eigenvalue weighted by molar-refractivity contribution is -0.137. The predicted molar refractivity (Wildman–Crippen MR) is 59.3 cm³/mol. The van der Waals surface area contributed by atoms with Gasteiger partial charge < -0.3 is 19.1 Å². The van der Waals surface area contributed by atoms with Crippen molar-refractivity contribution in [2.45, 2.75) is 6.42 Å². The van der Waals surface area contributed by atoms with Gasteiger partial charge in [0.25, 0.3) is 0 Å². The van der Waals surface area contributed by atoms with Crippen LogP contribution in [-0.4, -0.2) is 64.5 Å². The molecule has 1 amide bonds. The van der Waals surface area contributed by atoms with Gasteiger partial charge in [-0.25, -0.2) is 0 Å². The molecule has 0 unspecified atom stereocenters. The van der Waals surface area contributed by atoms with E-state index in [9.17, 15) is 4.79 Å². The third-order valence-corrected chi connectivity index (χ3v) is 2.65. The van der Waals surface area contributed by atoms with Crippen molar-refractivity contribution in [3.8, 4) is 0 Å². The maximum Gasteiger partial charge on any atom is 0.223 e. The molecule has 5 nitrogen and oxygen atoms in total. The molecule has 94 valence electrons. The number of hydrogen-bond acceptors (Lipinski definition) is 4. The number of nitrogens with zero attached hydrogens (tertiary/aromatic N) is 1. The van der Waals surface area contributed by atoms with E-state index in [1.165, 1.54) is 0 Å². The van der Waals surface area contributed by atoms with Crippen molar-refractivity contribution >= 4 is 5.91 Å². The minimum Gasteiger partial charge on any atom is -0.383 e. The average molecular weight is 231 g/mol. The number of ether oxygens (including phenoxy) is 3. The minimum absolute atomic E-state index is 0.169. The second kappa shape index (κ2) is 7.60. The van der Waals surface area contributed by atoms with Crippen molar-refractivity contribution in [3.05, 3.63) is 0 Å². The van der Waals surface area contributed by atoms with Gasteiger partial charge in [0.1, 0.15) is 0 Å². The van der Waals surface area contributed by atoms with Crippen molar-refractivity contribution in [1.82, 2.24) is 4.90 Å². The molecule has 0 bridgehead atoms. The number of hydrogen-bond donors (Lipinski definition) is 0. The Hall–Kier alpha value is -0.650. The molecule has 1 aliphatic heterocycles. The van der Waals surface area contributed by atoms with Crippen LogP contribution in [0.3, 0.4) is 0 Å². The van der Waals surface area contributed by atoms with Gasteiger partial charge in [-0.15, -0.1) is 0 Å². The zero-order chi connectivity index (χ0) is 11.8. The van der Waals surface area contributed by atoms with Crippen LogP contribution < -0.4 is 0 Å². The number of carbonyl (C=O) groups excluding carboxylic acids is 1. The second-order valence-corrected chi connectivity index (χ2v) is 3.97. The van der Waals surface area contributed by atoms with E-state index in [0.29, 0.717) is 51.9 Å². The summed E-state index contributed by atoms with van der Waals surface area (Å²) in [4.78, 5) is 13.7. The standard InChI is InChI=1S/C11H21NO4/c1-14-5-3-12(4-6-15-2)11(13)7-10-8-16-9-10/h10H,3-9H2,1-2H3. The summed E-state index contributed by atoms with van der Waals surface area (Å²) in [5, 5.41) is 0. The molecule has 5 heteroatoms. The smallest absolute Gasteiger partial charge is 0.223 e. The summed E-state index contributed by atoms with van der Waals surface area (Å²) in [5.41, 5.74) is 0. The summed E-state index contributed by atoms with van der Waals surface area (Å²) in [6.07, 6.45) is 0.577. The van der Waals surface area contributed by atoms with E-state index in [-0.39, 0.29) is 5.91 Å². The fourth-order valence-electron chi connectivity index (χ4n) is 1.54. The summed E-state index contributed by atoms with van der Waals surface area (Å²) in [7, 11) is 3.28. The molecule has 0 N–H and O–H groups in total. The van der Waals surface area contributed by atoms with Crippen LogP contribution in [0.4, 0.5) is 0 Å². The lowest BCUT2D eigenvalue weighted by Gasteiger charge is -2.29. The van der Waals surface area contributed by atoms with Crippen LogP contribution in [-0.2, 0) is 19.0 Å². The first-order valence-electron chi connectivity index (χ1n) is 5.61. The van der Waals surface area contributed by atoms with Gasteiger partial charge in [0.05, 0.1) is 26.4 Å². The fourth-order valence-corrected chi connectivity index (χ4v) is 1.54. The molecule has 0 aliphatic carbocycles. The molecule has 0 saturated carbocycles. The molecular weight excluding hydrogens is 210 g/mol. The van der Waals surface area contributed by atoms with E-state index in [0.717, 1.165) is 0 Å². The summed E-state index contributed by atoms with van der Waals surface area (Å²) < 4.78 is 15.0. The van der Waals surface area contributed by atoms with Crippen molar-refractivity contribution in [2.75, 3.05) is 53.7 Å². The Morgan fingerprint density at radius 2 is 1.81 bits per heavy atom. The molecule has 0 radical (unpaired) electrons. The first-order chi connectivity index (χ1) is 7.77. The monoisotopic (exact) mass is 231 g/mol. The van der Waals surface area contributed by atoms with Crippen LogP contribution in [0.2, 0.25) is 0 Å². The topological polar surface area (TPSA) is 48.0 Å². The van der Waals surface area contributed by atoms with Crippen LogP contribution in [0.1, 0.15) is 6.42 Å². The van der Waals surface area contributed by atoms with E-state index < -0.39 is 0 Å². The predicted octanol–water partition coefficient (Wildman–Crippen LogP) is 0.144. The molecule has 1 fully saturated rings. The Bertz CT molecular complexity index is 198. The first-order valence-corrected chi connectivity index (χ1v) is 5.61. The Labute approximate surface area is 96.6 Å². The third-order valence-electron chi connectivity index (χ3n) is 2.65. The van der Waals surface area contributed by atoms with Crippen LogP contribution in [0, 0.1) is 5.92 Å². The number of methoxy groups -OCH3 is 2. The molecule has 1 saturated heterocycles. The van der Waals surface area contributed by atoms with E-state index >= 15 is 0 Å². The molecule has 0 atom stereocenters.